The van der Waals surface area contributed by atoms with Crippen LogP contribution in [0.4, 0.5) is 0 Å². The molecule has 0 saturated heterocycles. The number of thiocarbonyl (C=S) groups is 1. The number of nitrogens with zero attached hydrogens (tertiary/aromatic N) is 1. The molecule has 0 aliphatic rings. The zero-order chi connectivity index (χ0) is 11.1. The van der Waals surface area contributed by atoms with Crippen LogP contribution in [-0.2, 0) is 0 Å². The van der Waals surface area contributed by atoms with Crippen molar-refractivity contribution >= 4 is 17.2 Å². The van der Waals surface area contributed by atoms with E-state index in [2.05, 4.69) is 32.6 Å². The maximum absolute atomic E-state index is 5.61. The molecule has 0 aromatic rings. The highest BCUT2D eigenvalue weighted by atomic mass is 32.1. The third kappa shape index (κ3) is 4.91. The van der Waals surface area contributed by atoms with E-state index in [9.17, 15) is 0 Å². The molecule has 0 aliphatic heterocycles. The summed E-state index contributed by atoms with van der Waals surface area (Å²) < 4.78 is 0. The second kappa shape index (κ2) is 7.18. The lowest BCUT2D eigenvalue weighted by Gasteiger charge is -2.34. The lowest BCUT2D eigenvalue weighted by molar-refractivity contribution is 0.152. The van der Waals surface area contributed by atoms with Gasteiger partial charge in [0.15, 0.2) is 0 Å². The van der Waals surface area contributed by atoms with E-state index in [4.69, 9.17) is 18.0 Å². The Hall–Kier alpha value is -0.150. The minimum absolute atomic E-state index is 0.521. The topological polar surface area (TPSA) is 29.3 Å². The Morgan fingerprint density at radius 1 is 1.36 bits per heavy atom. The van der Waals surface area contributed by atoms with E-state index in [1.165, 1.54) is 6.42 Å². The molecule has 0 saturated carbocycles. The van der Waals surface area contributed by atoms with Gasteiger partial charge in [-0.25, -0.2) is 0 Å². The van der Waals surface area contributed by atoms with Crippen molar-refractivity contribution in [3.8, 4) is 0 Å². The molecule has 0 rings (SSSR count). The third-order valence-electron chi connectivity index (χ3n) is 2.52. The Morgan fingerprint density at radius 2 is 1.93 bits per heavy atom. The van der Waals surface area contributed by atoms with Crippen molar-refractivity contribution < 1.29 is 0 Å². The molecular formula is C11H24N2S. The minimum atomic E-state index is 0.521. The van der Waals surface area contributed by atoms with Crippen LogP contribution in [0.2, 0.25) is 0 Å². The van der Waals surface area contributed by atoms with E-state index in [1.54, 1.807) is 0 Å². The molecule has 3 heteroatoms. The van der Waals surface area contributed by atoms with Gasteiger partial charge in [-0.15, -0.1) is 0 Å². The third-order valence-corrected chi connectivity index (χ3v) is 2.69. The molecule has 0 bridgehead atoms. The van der Waals surface area contributed by atoms with Gasteiger partial charge >= 0.3 is 0 Å². The van der Waals surface area contributed by atoms with Gasteiger partial charge in [0.25, 0.3) is 0 Å². The molecule has 2 N–H and O–H groups in total. The van der Waals surface area contributed by atoms with E-state index in [1.807, 2.05) is 0 Å². The highest BCUT2D eigenvalue weighted by Crippen LogP contribution is 2.13. The van der Waals surface area contributed by atoms with Crippen LogP contribution in [-0.4, -0.2) is 28.5 Å². The van der Waals surface area contributed by atoms with Crippen LogP contribution in [0.3, 0.4) is 0 Å². The number of hydrogen-bond acceptors (Lipinski definition) is 2. The second-order valence-corrected chi connectivity index (χ2v) is 4.59. The molecule has 84 valence electrons. The molecule has 0 radical (unpaired) electrons. The van der Waals surface area contributed by atoms with Gasteiger partial charge in [-0.3, -0.25) is 4.90 Å². The summed E-state index contributed by atoms with van der Waals surface area (Å²) in [6.07, 6.45) is 3.16. The fourth-order valence-electron chi connectivity index (χ4n) is 1.85. The molecule has 0 aliphatic carbocycles. The monoisotopic (exact) mass is 216 g/mol. The Kier molecular flexibility index (Phi) is 7.11. The van der Waals surface area contributed by atoms with Crippen LogP contribution in [0.1, 0.15) is 47.0 Å². The van der Waals surface area contributed by atoms with Gasteiger partial charge < -0.3 is 5.73 Å². The molecule has 0 spiro atoms. The largest absolute Gasteiger partial charge is 0.393 e. The van der Waals surface area contributed by atoms with Gasteiger partial charge in [-0.2, -0.15) is 0 Å². The molecule has 0 amide bonds. The summed E-state index contributed by atoms with van der Waals surface area (Å²) in [7, 11) is 0. The van der Waals surface area contributed by atoms with Crippen LogP contribution in [0.25, 0.3) is 0 Å². The maximum Gasteiger partial charge on any atom is 0.0743 e. The molecule has 0 fully saturated rings. The first kappa shape index (κ1) is 13.8. The maximum atomic E-state index is 5.61. The van der Waals surface area contributed by atoms with Gasteiger partial charge in [0.1, 0.15) is 0 Å². The molecule has 2 nitrogen and oxygen atoms in total. The summed E-state index contributed by atoms with van der Waals surface area (Å²) in [5.41, 5.74) is 5.61. The first-order valence-corrected chi connectivity index (χ1v) is 5.97. The molecular weight excluding hydrogens is 192 g/mol. The molecule has 1 atom stereocenters. The summed E-state index contributed by atoms with van der Waals surface area (Å²) in [5, 5.41) is 0. The molecule has 1 unspecified atom stereocenters. The minimum Gasteiger partial charge on any atom is -0.393 e. The van der Waals surface area contributed by atoms with Crippen molar-refractivity contribution in [2.24, 2.45) is 5.73 Å². The van der Waals surface area contributed by atoms with Gasteiger partial charge in [-0.05, 0) is 33.2 Å². The molecule has 0 heterocycles. The van der Waals surface area contributed by atoms with Crippen molar-refractivity contribution in [1.29, 1.82) is 0 Å². The Balaban J connectivity index is 4.32. The Bertz CT molecular complexity index is 169. The van der Waals surface area contributed by atoms with E-state index in [0.717, 1.165) is 19.4 Å². The van der Waals surface area contributed by atoms with E-state index in [-0.39, 0.29) is 0 Å². The lowest BCUT2D eigenvalue weighted by Crippen LogP contribution is -2.42. The first-order chi connectivity index (χ1) is 6.52. The summed E-state index contributed by atoms with van der Waals surface area (Å²) in [6, 6.07) is 1.10. The van der Waals surface area contributed by atoms with Crippen LogP contribution in [0, 0.1) is 0 Å². The predicted octanol–water partition coefficient (Wildman–Crippen LogP) is 2.56. The predicted molar refractivity (Wildman–Crippen MR) is 67.6 cm³/mol. The Morgan fingerprint density at radius 3 is 2.21 bits per heavy atom. The highest BCUT2D eigenvalue weighted by molar-refractivity contribution is 7.80. The first-order valence-electron chi connectivity index (χ1n) is 5.56. The summed E-state index contributed by atoms with van der Waals surface area (Å²) in [4.78, 5) is 3.14. The van der Waals surface area contributed by atoms with Crippen molar-refractivity contribution in [2.45, 2.75) is 59.0 Å². The number of hydrogen-bond donors (Lipinski definition) is 1. The van der Waals surface area contributed by atoms with Gasteiger partial charge in [0.2, 0.25) is 0 Å². The van der Waals surface area contributed by atoms with Gasteiger partial charge in [0, 0.05) is 18.5 Å². The molecule has 0 aromatic heterocycles. The van der Waals surface area contributed by atoms with Crippen molar-refractivity contribution in [3.05, 3.63) is 0 Å². The zero-order valence-corrected chi connectivity index (χ0v) is 10.7. The SMILES string of the molecule is CCCN(C(C)C)C(CC)CC(N)=S. The second-order valence-electron chi connectivity index (χ2n) is 4.06. The summed E-state index contributed by atoms with van der Waals surface area (Å²) >= 11 is 4.98. The fraction of sp³-hybridized carbons (Fsp3) is 0.909. The molecule has 14 heavy (non-hydrogen) atoms. The molecule has 0 aromatic carbocycles. The van der Waals surface area contributed by atoms with Crippen LogP contribution in [0.5, 0.6) is 0 Å². The van der Waals surface area contributed by atoms with Crippen molar-refractivity contribution in [1.82, 2.24) is 4.90 Å². The number of rotatable bonds is 7. The van der Waals surface area contributed by atoms with E-state index < -0.39 is 0 Å². The highest BCUT2D eigenvalue weighted by Gasteiger charge is 2.19. The quantitative estimate of drug-likeness (QED) is 0.663. The fourth-order valence-corrected chi connectivity index (χ4v) is 2.04. The summed E-state index contributed by atoms with van der Waals surface area (Å²) in [5.74, 6) is 0. The van der Waals surface area contributed by atoms with Crippen LogP contribution >= 0.6 is 12.2 Å². The Labute approximate surface area is 93.8 Å². The zero-order valence-electron chi connectivity index (χ0n) is 9.92. The smallest absolute Gasteiger partial charge is 0.0743 e. The van der Waals surface area contributed by atoms with Crippen LogP contribution < -0.4 is 5.73 Å². The van der Waals surface area contributed by atoms with Crippen molar-refractivity contribution in [3.63, 3.8) is 0 Å². The van der Waals surface area contributed by atoms with Gasteiger partial charge in [-0.1, -0.05) is 26.1 Å². The normalized spacial score (nSPS) is 13.6. The van der Waals surface area contributed by atoms with Crippen molar-refractivity contribution in [2.75, 3.05) is 6.54 Å². The standard InChI is InChI=1S/C11H24N2S/c1-5-7-13(9(3)4)10(6-2)8-11(12)14/h9-10H,5-8H2,1-4H3,(H2,12,14). The average Bonchev–Trinajstić information content (AvgIpc) is 2.10. The lowest BCUT2D eigenvalue weighted by atomic mass is 10.1. The van der Waals surface area contributed by atoms with Gasteiger partial charge in [0.05, 0.1) is 4.99 Å². The van der Waals surface area contributed by atoms with Crippen LogP contribution in [0.15, 0.2) is 0 Å². The average molecular weight is 216 g/mol. The summed E-state index contributed by atoms with van der Waals surface area (Å²) in [6.45, 7) is 10.0. The number of nitrogens with two attached hydrogens (primary N) is 1. The van der Waals surface area contributed by atoms with E-state index >= 15 is 0 Å². The van der Waals surface area contributed by atoms with E-state index in [0.29, 0.717) is 17.1 Å².